The fraction of sp³-hybridized carbons (Fsp3) is 0.292. The Morgan fingerprint density at radius 1 is 1.18 bits per heavy atom. The summed E-state index contributed by atoms with van der Waals surface area (Å²) in [6.45, 7) is 4.21. The molecule has 5 rings (SSSR count). The van der Waals surface area contributed by atoms with E-state index in [0.29, 0.717) is 47.1 Å². The Bertz CT molecular complexity index is 1380. The molecular weight excluding hydrogens is 420 g/mol. The SMILES string of the molecule is CC[C@@H]1CN(C)C(=O)[C@]1(O)c1cc(-c2cccc(-c3ccc4nc(C)nc(N)c4n3)c2)on1. The molecule has 0 saturated carbocycles. The van der Waals surface area contributed by atoms with Crippen LogP contribution < -0.4 is 5.73 Å². The molecule has 1 saturated heterocycles. The highest BCUT2D eigenvalue weighted by atomic mass is 16.5. The number of rotatable bonds is 4. The van der Waals surface area contributed by atoms with Gasteiger partial charge < -0.3 is 20.3 Å². The van der Waals surface area contributed by atoms with Crippen molar-refractivity contribution in [1.29, 1.82) is 0 Å². The summed E-state index contributed by atoms with van der Waals surface area (Å²) < 4.78 is 5.56. The van der Waals surface area contributed by atoms with Crippen LogP contribution in [0.25, 0.3) is 33.6 Å². The summed E-state index contributed by atoms with van der Waals surface area (Å²) in [6, 6.07) is 13.0. The Balaban J connectivity index is 1.52. The van der Waals surface area contributed by atoms with E-state index >= 15 is 0 Å². The van der Waals surface area contributed by atoms with Crippen molar-refractivity contribution in [2.45, 2.75) is 25.9 Å². The number of hydrogen-bond donors (Lipinski definition) is 2. The van der Waals surface area contributed by atoms with Crippen LogP contribution in [0.3, 0.4) is 0 Å². The van der Waals surface area contributed by atoms with Gasteiger partial charge in [-0.3, -0.25) is 4.79 Å². The Kier molecular flexibility index (Phi) is 4.86. The molecule has 9 nitrogen and oxygen atoms in total. The Morgan fingerprint density at radius 3 is 2.76 bits per heavy atom. The molecule has 0 aliphatic carbocycles. The molecule has 33 heavy (non-hydrogen) atoms. The minimum Gasteiger partial charge on any atom is -0.382 e. The number of likely N-dealkylation sites (N-methyl/N-ethyl adjacent to an activating group) is 1. The standard InChI is InChI=1S/C24H24N6O3/c1-4-16-12-30(3)23(31)24(16,32)20-11-19(33-29-20)15-7-5-6-14(10-15)17-8-9-18-21(28-17)22(25)27-13(2)26-18/h5-11,16,32H,4,12H2,1-3H3,(H2,25,26,27)/t16-,24-/m1/s1. The molecule has 0 radical (unpaired) electrons. The van der Waals surface area contributed by atoms with Crippen molar-refractivity contribution < 1.29 is 14.4 Å². The number of aliphatic hydroxyl groups is 1. The lowest BCUT2D eigenvalue weighted by Crippen LogP contribution is -2.40. The second kappa shape index (κ2) is 7.63. The molecule has 0 unspecified atom stereocenters. The molecule has 0 spiro atoms. The first kappa shape index (κ1) is 21.0. The minimum absolute atomic E-state index is 0.230. The number of pyridine rings is 1. The average Bonchev–Trinajstić information content (AvgIpc) is 3.39. The predicted molar refractivity (Wildman–Crippen MR) is 123 cm³/mol. The van der Waals surface area contributed by atoms with E-state index in [1.165, 1.54) is 4.90 Å². The molecule has 1 fully saturated rings. The molecule has 1 amide bonds. The first-order chi connectivity index (χ1) is 15.8. The first-order valence-electron chi connectivity index (χ1n) is 10.8. The number of amides is 1. The van der Waals surface area contributed by atoms with Crippen LogP contribution in [0.5, 0.6) is 0 Å². The Morgan fingerprint density at radius 2 is 1.97 bits per heavy atom. The third-order valence-corrected chi connectivity index (χ3v) is 6.28. The maximum Gasteiger partial charge on any atom is 0.261 e. The third kappa shape index (κ3) is 3.32. The largest absolute Gasteiger partial charge is 0.382 e. The lowest BCUT2D eigenvalue weighted by Gasteiger charge is -2.23. The summed E-state index contributed by atoms with van der Waals surface area (Å²) in [7, 11) is 1.68. The second-order valence-corrected chi connectivity index (χ2v) is 8.43. The molecule has 3 N–H and O–H groups in total. The zero-order valence-corrected chi connectivity index (χ0v) is 18.6. The number of likely N-dealkylation sites (tertiary alicyclic amines) is 1. The van der Waals surface area contributed by atoms with Gasteiger partial charge in [-0.15, -0.1) is 0 Å². The Hall–Kier alpha value is -3.85. The zero-order chi connectivity index (χ0) is 23.3. The highest BCUT2D eigenvalue weighted by Gasteiger charge is 2.54. The normalized spacial score (nSPS) is 20.7. The third-order valence-electron chi connectivity index (χ3n) is 6.28. The molecule has 1 aliphatic rings. The van der Waals surface area contributed by atoms with E-state index in [0.717, 1.165) is 11.1 Å². The van der Waals surface area contributed by atoms with Crippen molar-refractivity contribution in [2.24, 2.45) is 5.92 Å². The van der Waals surface area contributed by atoms with E-state index in [1.54, 1.807) is 20.0 Å². The van der Waals surface area contributed by atoms with Crippen molar-refractivity contribution in [3.8, 4) is 22.6 Å². The number of aromatic nitrogens is 4. The van der Waals surface area contributed by atoms with Gasteiger partial charge in [0.1, 0.15) is 17.0 Å². The summed E-state index contributed by atoms with van der Waals surface area (Å²) in [5.74, 6) is 0.768. The summed E-state index contributed by atoms with van der Waals surface area (Å²) in [4.78, 5) is 27.5. The molecule has 2 atom stereocenters. The zero-order valence-electron chi connectivity index (χ0n) is 18.6. The van der Waals surface area contributed by atoms with Crippen LogP contribution in [0.2, 0.25) is 0 Å². The van der Waals surface area contributed by atoms with Crippen LogP contribution >= 0.6 is 0 Å². The number of nitrogen functional groups attached to an aromatic ring is 1. The van der Waals surface area contributed by atoms with Gasteiger partial charge >= 0.3 is 0 Å². The van der Waals surface area contributed by atoms with E-state index in [4.69, 9.17) is 10.3 Å². The van der Waals surface area contributed by atoms with Crippen LogP contribution in [-0.4, -0.2) is 49.6 Å². The molecule has 168 valence electrons. The van der Waals surface area contributed by atoms with Crippen molar-refractivity contribution in [3.05, 3.63) is 54.0 Å². The van der Waals surface area contributed by atoms with Crippen LogP contribution in [-0.2, 0) is 10.4 Å². The van der Waals surface area contributed by atoms with Crippen LogP contribution in [0.1, 0.15) is 24.9 Å². The highest BCUT2D eigenvalue weighted by Crippen LogP contribution is 2.40. The van der Waals surface area contributed by atoms with Gasteiger partial charge in [0.25, 0.3) is 5.91 Å². The molecule has 9 heteroatoms. The first-order valence-corrected chi connectivity index (χ1v) is 10.8. The number of benzene rings is 1. The van der Waals surface area contributed by atoms with Crippen LogP contribution in [0.4, 0.5) is 5.82 Å². The summed E-state index contributed by atoms with van der Waals surface area (Å²) >= 11 is 0. The molecule has 4 aromatic rings. The van der Waals surface area contributed by atoms with Gasteiger partial charge in [0, 0.05) is 36.7 Å². The number of nitrogens with zero attached hydrogens (tertiary/aromatic N) is 5. The summed E-state index contributed by atoms with van der Waals surface area (Å²) in [6.07, 6.45) is 0.643. The van der Waals surface area contributed by atoms with Gasteiger partial charge in [-0.2, -0.15) is 0 Å². The molecular formula is C24H24N6O3. The van der Waals surface area contributed by atoms with E-state index in [-0.39, 0.29) is 17.5 Å². The summed E-state index contributed by atoms with van der Waals surface area (Å²) in [5.41, 5.74) is 8.13. The van der Waals surface area contributed by atoms with E-state index in [2.05, 4.69) is 20.1 Å². The monoisotopic (exact) mass is 444 g/mol. The van der Waals surface area contributed by atoms with Crippen molar-refractivity contribution >= 4 is 22.8 Å². The quantitative estimate of drug-likeness (QED) is 0.491. The number of carbonyl (C=O) groups excluding carboxylic acids is 1. The molecule has 1 aromatic carbocycles. The topological polar surface area (TPSA) is 131 Å². The average molecular weight is 444 g/mol. The van der Waals surface area contributed by atoms with Crippen molar-refractivity contribution in [3.63, 3.8) is 0 Å². The van der Waals surface area contributed by atoms with Gasteiger partial charge in [-0.05, 0) is 31.5 Å². The molecule has 4 heterocycles. The lowest BCUT2D eigenvalue weighted by atomic mass is 9.85. The number of hydrogen-bond acceptors (Lipinski definition) is 8. The molecule has 1 aliphatic heterocycles. The highest BCUT2D eigenvalue weighted by molar-refractivity contribution is 5.89. The number of carbonyl (C=O) groups is 1. The van der Waals surface area contributed by atoms with Crippen molar-refractivity contribution in [2.75, 3.05) is 19.3 Å². The van der Waals surface area contributed by atoms with Gasteiger partial charge in [-0.1, -0.05) is 30.3 Å². The number of fused-ring (bicyclic) bond motifs is 1. The van der Waals surface area contributed by atoms with E-state index in [1.807, 2.05) is 43.3 Å². The maximum atomic E-state index is 12.7. The van der Waals surface area contributed by atoms with Gasteiger partial charge in [0.05, 0.1) is 11.2 Å². The predicted octanol–water partition coefficient (Wildman–Crippen LogP) is 2.92. The fourth-order valence-corrected chi connectivity index (χ4v) is 4.49. The summed E-state index contributed by atoms with van der Waals surface area (Å²) in [5, 5.41) is 15.3. The molecule has 0 bridgehead atoms. The van der Waals surface area contributed by atoms with Gasteiger partial charge in [0.2, 0.25) is 0 Å². The number of nitrogens with two attached hydrogens (primary N) is 1. The van der Waals surface area contributed by atoms with Gasteiger partial charge in [-0.25, -0.2) is 15.0 Å². The van der Waals surface area contributed by atoms with E-state index < -0.39 is 5.60 Å². The maximum absolute atomic E-state index is 12.7. The molecule has 3 aromatic heterocycles. The van der Waals surface area contributed by atoms with Crippen LogP contribution in [0, 0.1) is 12.8 Å². The van der Waals surface area contributed by atoms with Crippen LogP contribution in [0.15, 0.2) is 47.0 Å². The number of aryl methyl sites for hydroxylation is 1. The minimum atomic E-state index is -1.68. The van der Waals surface area contributed by atoms with Gasteiger partial charge in [0.15, 0.2) is 17.2 Å². The second-order valence-electron chi connectivity index (χ2n) is 8.43. The lowest BCUT2D eigenvalue weighted by molar-refractivity contribution is -0.146. The van der Waals surface area contributed by atoms with E-state index in [9.17, 15) is 9.90 Å². The fourth-order valence-electron chi connectivity index (χ4n) is 4.49. The number of anilines is 1. The van der Waals surface area contributed by atoms with Crippen molar-refractivity contribution in [1.82, 2.24) is 25.0 Å². The smallest absolute Gasteiger partial charge is 0.261 e. The Labute approximate surface area is 190 Å².